The molecule has 1 fully saturated rings. The molecule has 1 atom stereocenters. The van der Waals surface area contributed by atoms with Gasteiger partial charge in [-0.25, -0.2) is 9.97 Å². The molecule has 1 unspecified atom stereocenters. The molecule has 1 saturated heterocycles. The smallest absolute Gasteiger partial charge is 0.291 e. The van der Waals surface area contributed by atoms with Crippen molar-refractivity contribution in [1.29, 1.82) is 0 Å². The number of aryl methyl sites for hydroxylation is 2. The maximum absolute atomic E-state index is 12.8. The van der Waals surface area contributed by atoms with Gasteiger partial charge in [0.25, 0.3) is 5.91 Å². The third kappa shape index (κ3) is 4.02. The molecule has 0 radical (unpaired) electrons. The standard InChI is InChI=1S/C23H32N6O2S/c1-14-25-22-18(16-6-5-15(23(2,3)4)13-17(16)32-22)20-26-19(27-29(14)20)21(30)24-7-8-28-9-11-31-12-10-28/h15H,5-13H2,1-4H3,(H,24,30). The summed E-state index contributed by atoms with van der Waals surface area (Å²) in [6.45, 7) is 13.6. The van der Waals surface area contributed by atoms with Crippen molar-refractivity contribution in [2.45, 2.75) is 47.0 Å². The van der Waals surface area contributed by atoms with Crippen LogP contribution in [0.2, 0.25) is 0 Å². The van der Waals surface area contributed by atoms with Crippen molar-refractivity contribution in [2.75, 3.05) is 39.4 Å². The quantitative estimate of drug-likeness (QED) is 0.650. The first kappa shape index (κ1) is 21.7. The van der Waals surface area contributed by atoms with Gasteiger partial charge in [0.15, 0.2) is 5.65 Å². The van der Waals surface area contributed by atoms with Crippen LogP contribution < -0.4 is 5.32 Å². The Morgan fingerprint density at radius 1 is 1.25 bits per heavy atom. The van der Waals surface area contributed by atoms with Crippen LogP contribution in [0.3, 0.4) is 0 Å². The van der Waals surface area contributed by atoms with Crippen LogP contribution in [-0.2, 0) is 17.6 Å². The van der Waals surface area contributed by atoms with Crippen molar-refractivity contribution in [3.8, 4) is 0 Å². The van der Waals surface area contributed by atoms with E-state index in [4.69, 9.17) is 9.72 Å². The molecule has 3 aromatic heterocycles. The lowest BCUT2D eigenvalue weighted by Gasteiger charge is -2.33. The van der Waals surface area contributed by atoms with Crippen LogP contribution in [0.5, 0.6) is 0 Å². The summed E-state index contributed by atoms with van der Waals surface area (Å²) in [6, 6.07) is 0. The van der Waals surface area contributed by atoms with Gasteiger partial charge in [-0.2, -0.15) is 4.52 Å². The second-order valence-electron chi connectivity index (χ2n) is 10.0. The number of fused-ring (bicyclic) bond motifs is 5. The predicted molar refractivity (Wildman–Crippen MR) is 125 cm³/mol. The van der Waals surface area contributed by atoms with Crippen LogP contribution in [0.1, 0.15) is 54.1 Å². The van der Waals surface area contributed by atoms with Crippen molar-refractivity contribution in [2.24, 2.45) is 11.3 Å². The second kappa shape index (κ2) is 8.35. The summed E-state index contributed by atoms with van der Waals surface area (Å²) in [5.74, 6) is 1.42. The molecule has 2 aliphatic rings. The van der Waals surface area contributed by atoms with E-state index in [2.05, 4.69) is 41.1 Å². The van der Waals surface area contributed by atoms with Crippen LogP contribution in [0.25, 0.3) is 15.9 Å². The van der Waals surface area contributed by atoms with Crippen LogP contribution in [0.15, 0.2) is 0 Å². The molecular formula is C23H32N6O2S. The summed E-state index contributed by atoms with van der Waals surface area (Å²) >= 11 is 1.79. The highest BCUT2D eigenvalue weighted by molar-refractivity contribution is 7.19. The van der Waals surface area contributed by atoms with Crippen LogP contribution in [-0.4, -0.2) is 69.8 Å². The lowest BCUT2D eigenvalue weighted by molar-refractivity contribution is 0.0383. The van der Waals surface area contributed by atoms with Gasteiger partial charge in [-0.3, -0.25) is 9.69 Å². The van der Waals surface area contributed by atoms with Gasteiger partial charge >= 0.3 is 0 Å². The van der Waals surface area contributed by atoms with E-state index in [0.29, 0.717) is 17.9 Å². The van der Waals surface area contributed by atoms with E-state index in [9.17, 15) is 4.79 Å². The Hall–Kier alpha value is -2.10. The fourth-order valence-electron chi connectivity index (χ4n) is 4.84. The van der Waals surface area contributed by atoms with Crippen molar-refractivity contribution in [1.82, 2.24) is 29.8 Å². The van der Waals surface area contributed by atoms with E-state index in [0.717, 1.165) is 67.4 Å². The second-order valence-corrected chi connectivity index (χ2v) is 11.1. The van der Waals surface area contributed by atoms with E-state index in [1.54, 1.807) is 15.9 Å². The first-order chi connectivity index (χ1) is 15.3. The molecular weight excluding hydrogens is 424 g/mol. The SMILES string of the molecule is Cc1nc2sc3c(c2c2nc(C(=O)NCCN4CCOCC4)nn12)CCC(C(C)(C)C)C3. The van der Waals surface area contributed by atoms with Crippen molar-refractivity contribution < 1.29 is 9.53 Å². The lowest BCUT2D eigenvalue weighted by atomic mass is 9.72. The largest absolute Gasteiger partial charge is 0.379 e. The first-order valence-corrected chi connectivity index (χ1v) is 12.4. The molecule has 9 heteroatoms. The monoisotopic (exact) mass is 456 g/mol. The van der Waals surface area contributed by atoms with Gasteiger partial charge in [0.2, 0.25) is 5.82 Å². The minimum atomic E-state index is -0.230. The molecule has 0 saturated carbocycles. The number of aromatic nitrogens is 4. The molecule has 1 N–H and O–H groups in total. The van der Waals surface area contributed by atoms with Crippen LogP contribution >= 0.6 is 11.3 Å². The van der Waals surface area contributed by atoms with Gasteiger partial charge in [0.1, 0.15) is 10.7 Å². The normalized spacial score (nSPS) is 20.1. The molecule has 1 aliphatic carbocycles. The minimum Gasteiger partial charge on any atom is -0.379 e. The number of ether oxygens (including phenoxy) is 1. The van der Waals surface area contributed by atoms with Gasteiger partial charge in [0.05, 0.1) is 18.6 Å². The lowest BCUT2D eigenvalue weighted by Crippen LogP contribution is -2.41. The number of amides is 1. The maximum atomic E-state index is 12.8. The number of nitrogens with zero attached hydrogens (tertiary/aromatic N) is 5. The average molecular weight is 457 g/mol. The highest BCUT2D eigenvalue weighted by atomic mass is 32.1. The van der Waals surface area contributed by atoms with E-state index in [1.807, 2.05) is 6.92 Å². The molecule has 1 amide bonds. The number of carbonyl (C=O) groups excluding carboxylic acids is 1. The number of carbonyl (C=O) groups is 1. The molecule has 1 aliphatic heterocycles. The topological polar surface area (TPSA) is 84.7 Å². The molecule has 0 aromatic carbocycles. The molecule has 172 valence electrons. The van der Waals surface area contributed by atoms with Gasteiger partial charge in [-0.1, -0.05) is 20.8 Å². The summed E-state index contributed by atoms with van der Waals surface area (Å²) in [6.07, 6.45) is 3.30. The van der Waals surface area contributed by atoms with Crippen molar-refractivity contribution >= 4 is 33.1 Å². The average Bonchev–Trinajstić information content (AvgIpc) is 3.35. The van der Waals surface area contributed by atoms with Crippen molar-refractivity contribution in [3.05, 3.63) is 22.1 Å². The zero-order chi connectivity index (χ0) is 22.5. The summed E-state index contributed by atoms with van der Waals surface area (Å²) in [5, 5.41) is 8.57. The molecule has 5 rings (SSSR count). The summed E-state index contributed by atoms with van der Waals surface area (Å²) in [4.78, 5) is 27.0. The van der Waals surface area contributed by atoms with Gasteiger partial charge in [-0.05, 0) is 43.1 Å². The Morgan fingerprint density at radius 2 is 2.03 bits per heavy atom. The highest BCUT2D eigenvalue weighted by Crippen LogP contribution is 2.43. The zero-order valence-electron chi connectivity index (χ0n) is 19.4. The van der Waals surface area contributed by atoms with Crippen LogP contribution in [0, 0.1) is 18.3 Å². The van der Waals surface area contributed by atoms with Gasteiger partial charge in [-0.15, -0.1) is 16.4 Å². The Labute approximate surface area is 192 Å². The van der Waals surface area contributed by atoms with Gasteiger partial charge in [0, 0.05) is 31.1 Å². The molecule has 3 aromatic rings. The molecule has 32 heavy (non-hydrogen) atoms. The minimum absolute atomic E-state index is 0.215. The maximum Gasteiger partial charge on any atom is 0.291 e. The third-order valence-corrected chi connectivity index (χ3v) is 8.04. The predicted octanol–water partition coefficient (Wildman–Crippen LogP) is 2.86. The fraction of sp³-hybridized carbons (Fsp3) is 0.652. The number of hydrogen-bond acceptors (Lipinski definition) is 7. The van der Waals surface area contributed by atoms with Crippen molar-refractivity contribution in [3.63, 3.8) is 0 Å². The number of morpholine rings is 1. The van der Waals surface area contributed by atoms with Crippen LogP contribution in [0.4, 0.5) is 0 Å². The van der Waals surface area contributed by atoms with E-state index >= 15 is 0 Å². The number of thiophene rings is 1. The molecule has 4 heterocycles. The summed E-state index contributed by atoms with van der Waals surface area (Å²) < 4.78 is 7.11. The van der Waals surface area contributed by atoms with E-state index in [-0.39, 0.29) is 11.7 Å². The summed E-state index contributed by atoms with van der Waals surface area (Å²) in [5.41, 5.74) is 2.42. The Kier molecular flexibility index (Phi) is 5.67. The molecule has 0 spiro atoms. The zero-order valence-corrected chi connectivity index (χ0v) is 20.2. The Morgan fingerprint density at radius 3 is 2.78 bits per heavy atom. The first-order valence-electron chi connectivity index (χ1n) is 11.6. The third-order valence-electron chi connectivity index (χ3n) is 6.89. The Balaban J connectivity index is 1.40. The molecule has 0 bridgehead atoms. The fourth-order valence-corrected chi connectivity index (χ4v) is 6.18. The van der Waals surface area contributed by atoms with E-state index in [1.165, 1.54) is 16.9 Å². The molecule has 8 nitrogen and oxygen atoms in total. The number of nitrogens with one attached hydrogen (secondary N) is 1. The number of rotatable bonds is 4. The van der Waals surface area contributed by atoms with Gasteiger partial charge < -0.3 is 10.1 Å². The number of hydrogen-bond donors (Lipinski definition) is 1. The highest BCUT2D eigenvalue weighted by Gasteiger charge is 2.32. The summed E-state index contributed by atoms with van der Waals surface area (Å²) in [7, 11) is 0. The van der Waals surface area contributed by atoms with E-state index < -0.39 is 0 Å². The Bertz CT molecular complexity index is 1160.